The zero-order valence-electron chi connectivity index (χ0n) is 31.9. The second-order valence-corrected chi connectivity index (χ2v) is 17.3. The molecule has 2 rings (SSSR count). The first-order valence-electron chi connectivity index (χ1n) is 17.6. The van der Waals surface area contributed by atoms with Crippen molar-refractivity contribution in [3.63, 3.8) is 0 Å². The van der Waals surface area contributed by atoms with Gasteiger partial charge in [0.15, 0.2) is 0 Å². The van der Waals surface area contributed by atoms with Crippen molar-refractivity contribution in [2.45, 2.75) is 176 Å². The summed E-state index contributed by atoms with van der Waals surface area (Å²) < 4.78 is 12.1. The molecule has 0 heterocycles. The lowest BCUT2D eigenvalue weighted by Gasteiger charge is -2.30. The number of carbonyl (C=O) groups excluding carboxylic acids is 2. The molecule has 0 aromatic heterocycles. The highest BCUT2D eigenvalue weighted by molar-refractivity contribution is 5.91. The third-order valence-corrected chi connectivity index (χ3v) is 8.72. The summed E-state index contributed by atoms with van der Waals surface area (Å²) in [4.78, 5) is 26.7. The summed E-state index contributed by atoms with van der Waals surface area (Å²) in [5.74, 6) is -0.724. The molecular weight excluding hydrogens is 588 g/mol. The second-order valence-electron chi connectivity index (χ2n) is 17.3. The lowest BCUT2D eigenvalue weighted by atomic mass is 9.77. The van der Waals surface area contributed by atoms with Crippen LogP contribution in [0.5, 0.6) is 11.5 Å². The van der Waals surface area contributed by atoms with Crippen molar-refractivity contribution in [3.8, 4) is 11.5 Å². The van der Waals surface area contributed by atoms with E-state index >= 15 is 0 Å². The Morgan fingerprint density at radius 1 is 0.553 bits per heavy atom. The van der Waals surface area contributed by atoms with Crippen LogP contribution in [-0.2, 0) is 40.7 Å². The van der Waals surface area contributed by atoms with Crippen LogP contribution in [0.25, 0.3) is 0 Å². The maximum atomic E-state index is 13.4. The Hall–Kier alpha value is -3.02. The summed E-state index contributed by atoms with van der Waals surface area (Å²) in [5, 5.41) is 22.5. The smallest absolute Gasteiger partial charge is 0.317 e. The van der Waals surface area contributed by atoms with Crippen LogP contribution in [0.4, 0.5) is 0 Å². The van der Waals surface area contributed by atoms with Crippen LogP contribution in [0.15, 0.2) is 24.3 Å². The van der Waals surface area contributed by atoms with Crippen molar-refractivity contribution < 1.29 is 29.3 Å². The molecule has 47 heavy (non-hydrogen) atoms. The Bertz CT molecular complexity index is 1200. The topological polar surface area (TPSA) is 93.1 Å². The van der Waals surface area contributed by atoms with Gasteiger partial charge in [0.25, 0.3) is 0 Å². The van der Waals surface area contributed by atoms with Crippen molar-refractivity contribution >= 4 is 11.9 Å². The number of phenolic OH excluding ortho intramolecular Hbond substituents is 2. The summed E-state index contributed by atoms with van der Waals surface area (Å²) in [6.45, 7) is 28.8. The van der Waals surface area contributed by atoms with Crippen LogP contribution in [0.1, 0.15) is 187 Å². The number of carbonyl (C=O) groups is 2. The molecule has 0 radical (unpaired) electrons. The molecule has 0 aliphatic carbocycles. The van der Waals surface area contributed by atoms with Gasteiger partial charge < -0.3 is 19.7 Å². The minimum atomic E-state index is -0.635. The predicted octanol–water partition coefficient (Wildman–Crippen LogP) is 10.9. The molecule has 2 N–H and O–H groups in total. The van der Waals surface area contributed by atoms with Gasteiger partial charge in [-0.3, -0.25) is 9.59 Å². The van der Waals surface area contributed by atoms with Crippen molar-refractivity contribution in [1.29, 1.82) is 0 Å². The maximum Gasteiger partial charge on any atom is 0.317 e. The van der Waals surface area contributed by atoms with Gasteiger partial charge in [-0.1, -0.05) is 110 Å². The molecule has 6 heteroatoms. The fourth-order valence-corrected chi connectivity index (χ4v) is 5.86. The zero-order chi connectivity index (χ0) is 36.1. The average molecular weight is 653 g/mol. The zero-order valence-corrected chi connectivity index (χ0v) is 31.9. The van der Waals surface area contributed by atoms with Crippen molar-refractivity contribution in [1.82, 2.24) is 0 Å². The highest BCUT2D eigenvalue weighted by Crippen LogP contribution is 2.43. The third kappa shape index (κ3) is 11.0. The molecule has 0 bridgehead atoms. The number of hydrogen-bond acceptors (Lipinski definition) is 6. The average Bonchev–Trinajstić information content (AvgIpc) is 2.91. The molecule has 2 unspecified atom stereocenters. The second kappa shape index (κ2) is 15.5. The normalized spacial score (nSPS) is 14.1. The molecule has 0 spiro atoms. The van der Waals surface area contributed by atoms with E-state index in [4.69, 9.17) is 9.47 Å². The molecule has 0 aliphatic heterocycles. The molecule has 0 saturated carbocycles. The van der Waals surface area contributed by atoms with Crippen LogP contribution in [0, 0.1) is 0 Å². The van der Waals surface area contributed by atoms with Crippen LogP contribution in [0.2, 0.25) is 0 Å². The number of aromatic hydroxyl groups is 2. The van der Waals surface area contributed by atoms with Gasteiger partial charge in [-0.2, -0.15) is 0 Å². The summed E-state index contributed by atoms with van der Waals surface area (Å²) in [7, 11) is 0. The summed E-state index contributed by atoms with van der Waals surface area (Å²) in [5.41, 5.74) is 3.53. The molecule has 0 fully saturated rings. The molecule has 0 amide bonds. The van der Waals surface area contributed by atoms with E-state index in [9.17, 15) is 19.8 Å². The van der Waals surface area contributed by atoms with Gasteiger partial charge in [-0.05, 0) is 105 Å². The van der Waals surface area contributed by atoms with Gasteiger partial charge in [0.2, 0.25) is 0 Å². The maximum absolute atomic E-state index is 13.4. The Kier molecular flexibility index (Phi) is 13.2. The number of esters is 2. The first-order valence-corrected chi connectivity index (χ1v) is 17.6. The minimum absolute atomic E-state index is 0.273. The van der Waals surface area contributed by atoms with E-state index in [0.29, 0.717) is 12.8 Å². The summed E-state index contributed by atoms with van der Waals surface area (Å²) >= 11 is 0. The molecular formula is C41H64O6. The van der Waals surface area contributed by atoms with E-state index in [-0.39, 0.29) is 33.2 Å². The molecule has 2 aromatic carbocycles. The SMILES string of the molecule is CCCCC(OC(=O)CC(=O)OC(CCCC)c1cc(C(C)(C)C)c(O)c(C(C)(C)C)c1)c1cc(C(C)(C)C)c(O)c(C(C)(C)C)c1. The van der Waals surface area contributed by atoms with Gasteiger partial charge in [0.05, 0.1) is 0 Å². The number of ether oxygens (including phenoxy) is 2. The molecule has 6 nitrogen and oxygen atoms in total. The van der Waals surface area contributed by atoms with Crippen molar-refractivity contribution in [2.75, 3.05) is 0 Å². The van der Waals surface area contributed by atoms with E-state index in [1.54, 1.807) is 0 Å². The summed E-state index contributed by atoms with van der Waals surface area (Å²) in [6, 6.07) is 7.78. The number of hydrogen-bond donors (Lipinski definition) is 2. The lowest BCUT2D eigenvalue weighted by Crippen LogP contribution is -2.22. The first-order chi connectivity index (χ1) is 21.4. The van der Waals surface area contributed by atoms with Gasteiger partial charge in [-0.25, -0.2) is 0 Å². The molecule has 2 aromatic rings. The molecule has 2 atom stereocenters. The van der Waals surface area contributed by atoms with E-state index in [0.717, 1.165) is 59.1 Å². The van der Waals surface area contributed by atoms with Crippen LogP contribution in [-0.4, -0.2) is 22.2 Å². The molecule has 0 saturated heterocycles. The minimum Gasteiger partial charge on any atom is -0.507 e. The van der Waals surface area contributed by atoms with Gasteiger partial charge in [-0.15, -0.1) is 0 Å². The molecule has 264 valence electrons. The largest absolute Gasteiger partial charge is 0.507 e. The van der Waals surface area contributed by atoms with Gasteiger partial charge >= 0.3 is 11.9 Å². The summed E-state index contributed by atoms with van der Waals surface area (Å²) in [6.07, 6.45) is 3.11. The monoisotopic (exact) mass is 652 g/mol. The van der Waals surface area contributed by atoms with E-state index in [1.807, 2.05) is 24.3 Å². The van der Waals surface area contributed by atoms with Gasteiger partial charge in [0, 0.05) is 0 Å². The van der Waals surface area contributed by atoms with Crippen LogP contribution < -0.4 is 0 Å². The predicted molar refractivity (Wildman–Crippen MR) is 192 cm³/mol. The Labute approximate surface area is 285 Å². The number of benzene rings is 2. The van der Waals surface area contributed by atoms with E-state index in [2.05, 4.69) is 96.9 Å². The number of phenols is 2. The quantitative estimate of drug-likeness (QED) is 0.175. The van der Waals surface area contributed by atoms with E-state index in [1.165, 1.54) is 0 Å². The van der Waals surface area contributed by atoms with Crippen LogP contribution in [0.3, 0.4) is 0 Å². The fourth-order valence-electron chi connectivity index (χ4n) is 5.86. The highest BCUT2D eigenvalue weighted by atomic mass is 16.6. The Morgan fingerprint density at radius 3 is 1.02 bits per heavy atom. The van der Waals surface area contributed by atoms with Crippen molar-refractivity contribution in [2.24, 2.45) is 0 Å². The van der Waals surface area contributed by atoms with E-state index < -0.39 is 30.6 Å². The Balaban J connectivity index is 2.44. The third-order valence-electron chi connectivity index (χ3n) is 8.72. The lowest BCUT2D eigenvalue weighted by molar-refractivity contribution is -0.161. The first kappa shape index (κ1) is 40.2. The van der Waals surface area contributed by atoms with Crippen LogP contribution >= 0.6 is 0 Å². The molecule has 0 aliphatic rings. The standard InChI is InChI=1S/C41H64O6/c1-15-17-19-32(26-21-28(38(3,4)5)36(44)29(22-26)39(6,7)8)46-34(42)25-35(43)47-33(20-18-16-2)27-23-30(40(9,10)11)37(45)31(24-27)41(12,13)14/h21-24,32-33,44-45H,15-20,25H2,1-14H3. The number of rotatable bonds is 12. The highest BCUT2D eigenvalue weighted by Gasteiger charge is 2.32. The van der Waals surface area contributed by atoms with Crippen molar-refractivity contribution in [3.05, 3.63) is 57.6 Å². The van der Waals surface area contributed by atoms with Gasteiger partial charge in [0.1, 0.15) is 30.1 Å². The Morgan fingerprint density at radius 2 is 0.809 bits per heavy atom. The fraction of sp³-hybridized carbons (Fsp3) is 0.659. The number of unbranched alkanes of at least 4 members (excludes halogenated alkanes) is 2.